The van der Waals surface area contributed by atoms with Crippen molar-refractivity contribution in [2.45, 2.75) is 25.0 Å². The molecule has 2 aromatic rings. The molecule has 104 valence electrons. The fourth-order valence-electron chi connectivity index (χ4n) is 1.48. The van der Waals surface area contributed by atoms with E-state index in [1.165, 1.54) is 28.7 Å². The molecular weight excluding hydrogens is 370 g/mol. The van der Waals surface area contributed by atoms with Crippen molar-refractivity contribution in [3.05, 3.63) is 36.6 Å². The lowest BCUT2D eigenvalue weighted by Crippen LogP contribution is -2.23. The molecule has 0 aliphatic carbocycles. The van der Waals surface area contributed by atoms with Gasteiger partial charge in [0.25, 0.3) is 0 Å². The third-order valence-corrected chi connectivity index (χ3v) is 7.20. The Morgan fingerprint density at radius 1 is 1.47 bits per heavy atom. The number of aliphatic hydroxyl groups excluding tert-OH is 1. The highest BCUT2D eigenvalue weighted by Gasteiger charge is 2.20. The second-order valence-electron chi connectivity index (χ2n) is 3.86. The molecule has 0 spiro atoms. The van der Waals surface area contributed by atoms with Crippen molar-refractivity contribution in [2.75, 3.05) is 0 Å². The largest absolute Gasteiger partial charge is 0.391 e. The smallest absolute Gasteiger partial charge is 0.242 e. The minimum Gasteiger partial charge on any atom is -0.391 e. The van der Waals surface area contributed by atoms with Crippen LogP contribution in [0.3, 0.4) is 0 Å². The first-order chi connectivity index (χ1) is 8.94. The Kier molecular flexibility index (Phi) is 4.80. The quantitative estimate of drug-likeness (QED) is 0.836. The van der Waals surface area contributed by atoms with E-state index in [4.69, 9.17) is 5.11 Å². The van der Waals surface area contributed by atoms with Gasteiger partial charge in [0.2, 0.25) is 10.0 Å². The van der Waals surface area contributed by atoms with Crippen LogP contribution in [-0.2, 0) is 23.2 Å². The Hall–Kier alpha value is -0.250. The van der Waals surface area contributed by atoms with Gasteiger partial charge in [-0.15, -0.1) is 22.7 Å². The van der Waals surface area contributed by atoms with Crippen LogP contribution in [-0.4, -0.2) is 13.5 Å². The lowest BCUT2D eigenvalue weighted by Gasteiger charge is -2.05. The van der Waals surface area contributed by atoms with Crippen LogP contribution in [0.1, 0.15) is 15.3 Å². The Morgan fingerprint density at radius 2 is 2.21 bits per heavy atom. The highest BCUT2D eigenvalue weighted by molar-refractivity contribution is 9.11. The van der Waals surface area contributed by atoms with Gasteiger partial charge in [0.15, 0.2) is 0 Å². The molecule has 2 N–H and O–H groups in total. The number of thiophene rings is 2. The van der Waals surface area contributed by atoms with Gasteiger partial charge in [-0.2, -0.15) is 0 Å². The zero-order valence-electron chi connectivity index (χ0n) is 10.0. The summed E-state index contributed by atoms with van der Waals surface area (Å²) in [6.45, 7) is 2.07. The molecule has 0 aromatic carbocycles. The monoisotopic (exact) mass is 381 g/mol. The van der Waals surface area contributed by atoms with Crippen LogP contribution >= 0.6 is 38.6 Å². The van der Waals surface area contributed by atoms with E-state index >= 15 is 0 Å². The van der Waals surface area contributed by atoms with Crippen molar-refractivity contribution in [2.24, 2.45) is 0 Å². The molecule has 0 atom stereocenters. The summed E-state index contributed by atoms with van der Waals surface area (Å²) in [5.41, 5.74) is 1.08. The Balaban J connectivity index is 2.18. The molecule has 8 heteroatoms. The maximum absolute atomic E-state index is 12.2. The van der Waals surface area contributed by atoms with Crippen LogP contribution in [0.5, 0.6) is 0 Å². The van der Waals surface area contributed by atoms with Crippen molar-refractivity contribution in [3.63, 3.8) is 0 Å². The van der Waals surface area contributed by atoms with Gasteiger partial charge in [0, 0.05) is 16.3 Å². The second-order valence-corrected chi connectivity index (χ2v) is 9.05. The summed E-state index contributed by atoms with van der Waals surface area (Å²) >= 11 is 5.96. The zero-order valence-corrected chi connectivity index (χ0v) is 14.0. The maximum atomic E-state index is 12.2. The molecule has 4 nitrogen and oxygen atoms in total. The maximum Gasteiger partial charge on any atom is 0.242 e. The normalized spacial score (nSPS) is 11.9. The number of rotatable bonds is 5. The van der Waals surface area contributed by atoms with E-state index in [2.05, 4.69) is 20.7 Å². The Labute approximate surface area is 128 Å². The van der Waals surface area contributed by atoms with Gasteiger partial charge in [-0.05, 0) is 45.9 Å². The number of nitrogens with one attached hydrogen (secondary N) is 1. The standard InChI is InChI=1S/C11H12BrNO3S3/c1-7-2-3-17-9(7)5-13-19(15,16)10-4-8(6-14)18-11(10)12/h2-4,13-14H,5-6H2,1H3. The van der Waals surface area contributed by atoms with Crippen LogP contribution in [0.25, 0.3) is 0 Å². The van der Waals surface area contributed by atoms with Gasteiger partial charge >= 0.3 is 0 Å². The van der Waals surface area contributed by atoms with Gasteiger partial charge in [-0.3, -0.25) is 0 Å². The fraction of sp³-hybridized carbons (Fsp3) is 0.273. The number of halogens is 1. The molecule has 2 heterocycles. The van der Waals surface area contributed by atoms with Crippen molar-refractivity contribution >= 4 is 48.6 Å². The van der Waals surface area contributed by atoms with Crippen LogP contribution < -0.4 is 4.72 Å². The van der Waals surface area contributed by atoms with Crippen LogP contribution in [0.2, 0.25) is 0 Å². The first kappa shape index (κ1) is 15.1. The first-order valence-corrected chi connectivity index (χ1v) is 9.33. The van der Waals surface area contributed by atoms with E-state index in [9.17, 15) is 8.42 Å². The van der Waals surface area contributed by atoms with Crippen LogP contribution in [0.15, 0.2) is 26.2 Å². The van der Waals surface area contributed by atoms with Crippen molar-refractivity contribution in [1.82, 2.24) is 4.72 Å². The molecule has 19 heavy (non-hydrogen) atoms. The van der Waals surface area contributed by atoms with Gasteiger partial charge < -0.3 is 5.11 Å². The third-order valence-electron chi connectivity index (χ3n) is 2.54. The zero-order chi connectivity index (χ0) is 14.0. The molecule has 0 unspecified atom stereocenters. The molecule has 2 aromatic heterocycles. The molecule has 0 amide bonds. The van der Waals surface area contributed by atoms with Gasteiger partial charge in [0.1, 0.15) is 4.90 Å². The molecule has 0 saturated heterocycles. The first-order valence-electron chi connectivity index (χ1n) is 5.35. The predicted molar refractivity (Wildman–Crippen MR) is 81.0 cm³/mol. The van der Waals surface area contributed by atoms with Crippen molar-refractivity contribution in [3.8, 4) is 0 Å². The number of aliphatic hydroxyl groups is 1. The van der Waals surface area contributed by atoms with Gasteiger partial charge in [-0.25, -0.2) is 13.1 Å². The minimum atomic E-state index is -3.56. The highest BCUT2D eigenvalue weighted by atomic mass is 79.9. The molecule has 0 radical (unpaired) electrons. The topological polar surface area (TPSA) is 66.4 Å². The minimum absolute atomic E-state index is 0.164. The lowest BCUT2D eigenvalue weighted by atomic mass is 10.3. The SMILES string of the molecule is Cc1ccsc1CNS(=O)(=O)c1cc(CO)sc1Br. The van der Waals surface area contributed by atoms with E-state index in [1.54, 1.807) is 0 Å². The number of aryl methyl sites for hydroxylation is 1. The summed E-state index contributed by atoms with van der Waals surface area (Å²) in [7, 11) is -3.56. The summed E-state index contributed by atoms with van der Waals surface area (Å²) in [6, 6.07) is 3.44. The lowest BCUT2D eigenvalue weighted by molar-refractivity contribution is 0.285. The number of hydrogen-bond donors (Lipinski definition) is 2. The van der Waals surface area contributed by atoms with E-state index < -0.39 is 10.0 Å². The summed E-state index contributed by atoms with van der Waals surface area (Å²) in [6.07, 6.45) is 0. The summed E-state index contributed by atoms with van der Waals surface area (Å²) in [4.78, 5) is 1.78. The molecule has 0 bridgehead atoms. The van der Waals surface area contributed by atoms with E-state index in [-0.39, 0.29) is 18.0 Å². The molecule has 0 aliphatic heterocycles. The third kappa shape index (κ3) is 3.45. The van der Waals surface area contributed by atoms with E-state index in [0.717, 1.165) is 10.4 Å². The number of hydrogen-bond acceptors (Lipinski definition) is 5. The molecule has 0 aliphatic rings. The van der Waals surface area contributed by atoms with Crippen molar-refractivity contribution in [1.29, 1.82) is 0 Å². The molecule has 0 fully saturated rings. The van der Waals surface area contributed by atoms with E-state index in [1.807, 2.05) is 18.4 Å². The summed E-state index contributed by atoms with van der Waals surface area (Å²) in [5.74, 6) is 0. The Bertz CT molecular complexity index is 675. The average Bonchev–Trinajstić information content (AvgIpc) is 2.93. The highest BCUT2D eigenvalue weighted by Crippen LogP contribution is 2.31. The van der Waals surface area contributed by atoms with Gasteiger partial charge in [0.05, 0.1) is 10.4 Å². The van der Waals surface area contributed by atoms with Crippen LogP contribution in [0.4, 0.5) is 0 Å². The average molecular weight is 382 g/mol. The molecule has 0 saturated carbocycles. The van der Waals surface area contributed by atoms with Crippen molar-refractivity contribution < 1.29 is 13.5 Å². The molecular formula is C11H12BrNO3S3. The fourth-order valence-corrected chi connectivity index (χ4v) is 5.96. The predicted octanol–water partition coefficient (Wildman–Crippen LogP) is 2.85. The number of sulfonamides is 1. The summed E-state index contributed by atoms with van der Waals surface area (Å²) in [5, 5.41) is 11.0. The summed E-state index contributed by atoms with van der Waals surface area (Å²) < 4.78 is 27.4. The molecule has 2 rings (SSSR count). The Morgan fingerprint density at radius 3 is 2.74 bits per heavy atom. The van der Waals surface area contributed by atoms with Gasteiger partial charge in [-0.1, -0.05) is 0 Å². The second kappa shape index (κ2) is 6.02. The van der Waals surface area contributed by atoms with E-state index in [0.29, 0.717) is 8.66 Å². The van der Waals surface area contributed by atoms with Crippen LogP contribution in [0, 0.1) is 6.92 Å².